The maximum atomic E-state index is 5.34. The third kappa shape index (κ3) is 2.37. The van der Waals surface area contributed by atoms with Gasteiger partial charge < -0.3 is 5.32 Å². The van der Waals surface area contributed by atoms with E-state index >= 15 is 0 Å². The average Bonchev–Trinajstić information content (AvgIpc) is 2.83. The molecule has 5 heteroatoms. The highest BCUT2D eigenvalue weighted by molar-refractivity contribution is 5.48. The first-order valence-electron chi connectivity index (χ1n) is 6.40. The number of aryl methyl sites for hydroxylation is 1. The molecule has 5 nitrogen and oxygen atoms in total. The third-order valence-corrected chi connectivity index (χ3v) is 3.49. The van der Waals surface area contributed by atoms with Gasteiger partial charge in [-0.25, -0.2) is 10.8 Å². The Balaban J connectivity index is 1.77. The van der Waals surface area contributed by atoms with Crippen molar-refractivity contribution in [3.8, 4) is 0 Å². The Morgan fingerprint density at radius 3 is 2.53 bits per heavy atom. The number of nitrogens with two attached hydrogens (primary N) is 1. The summed E-state index contributed by atoms with van der Waals surface area (Å²) in [4.78, 5) is 8.44. The normalized spacial score (nSPS) is 14.2. The highest BCUT2D eigenvalue weighted by atomic mass is 15.3. The molecule has 0 saturated heterocycles. The Morgan fingerprint density at radius 2 is 1.89 bits per heavy atom. The van der Waals surface area contributed by atoms with Crippen LogP contribution >= 0.6 is 0 Å². The van der Waals surface area contributed by atoms with Crippen LogP contribution in [-0.2, 0) is 12.8 Å². The first kappa shape index (κ1) is 11.9. The predicted molar refractivity (Wildman–Crippen MR) is 75.8 cm³/mol. The van der Waals surface area contributed by atoms with Gasteiger partial charge in [0.1, 0.15) is 5.82 Å². The summed E-state index contributed by atoms with van der Waals surface area (Å²) in [6.45, 7) is 1.99. The van der Waals surface area contributed by atoms with E-state index in [0.29, 0.717) is 12.0 Å². The first-order chi connectivity index (χ1) is 9.26. The number of benzene rings is 1. The topological polar surface area (TPSA) is 75.9 Å². The van der Waals surface area contributed by atoms with E-state index in [1.165, 1.54) is 11.1 Å². The van der Waals surface area contributed by atoms with Crippen LogP contribution in [0, 0.1) is 6.92 Å². The molecule has 19 heavy (non-hydrogen) atoms. The van der Waals surface area contributed by atoms with Gasteiger partial charge in [0.25, 0.3) is 0 Å². The SMILES string of the molecule is Cc1cnc(NN)nc1NC1Cc2ccccc2C1. The number of hydrogen-bond acceptors (Lipinski definition) is 5. The lowest BCUT2D eigenvalue weighted by Gasteiger charge is -2.15. The van der Waals surface area contributed by atoms with Crippen LogP contribution < -0.4 is 16.6 Å². The van der Waals surface area contributed by atoms with Crippen LogP contribution in [0.15, 0.2) is 30.5 Å². The molecule has 4 N–H and O–H groups in total. The van der Waals surface area contributed by atoms with Crippen LogP contribution in [0.5, 0.6) is 0 Å². The second kappa shape index (κ2) is 4.85. The molecule has 0 spiro atoms. The van der Waals surface area contributed by atoms with E-state index in [4.69, 9.17) is 5.84 Å². The minimum Gasteiger partial charge on any atom is -0.366 e. The number of hydrazine groups is 1. The molecule has 0 bridgehead atoms. The van der Waals surface area contributed by atoms with Crippen molar-refractivity contribution in [1.29, 1.82) is 0 Å². The van der Waals surface area contributed by atoms with Gasteiger partial charge in [0.2, 0.25) is 5.95 Å². The quantitative estimate of drug-likeness (QED) is 0.574. The van der Waals surface area contributed by atoms with E-state index in [2.05, 4.69) is 45.0 Å². The van der Waals surface area contributed by atoms with Crippen molar-refractivity contribution in [1.82, 2.24) is 9.97 Å². The third-order valence-electron chi connectivity index (χ3n) is 3.49. The molecule has 0 unspecified atom stereocenters. The maximum Gasteiger partial charge on any atom is 0.239 e. The molecule has 0 aliphatic heterocycles. The molecule has 2 aromatic rings. The maximum absolute atomic E-state index is 5.34. The number of anilines is 2. The number of nitrogen functional groups attached to an aromatic ring is 1. The van der Waals surface area contributed by atoms with Gasteiger partial charge in [0.05, 0.1) is 0 Å². The summed E-state index contributed by atoms with van der Waals surface area (Å²) in [6.07, 6.45) is 3.84. The van der Waals surface area contributed by atoms with Gasteiger partial charge in [-0.15, -0.1) is 0 Å². The fourth-order valence-electron chi connectivity index (χ4n) is 2.51. The summed E-state index contributed by atoms with van der Waals surface area (Å²) in [5.41, 5.74) is 6.34. The van der Waals surface area contributed by atoms with Gasteiger partial charge >= 0.3 is 0 Å². The number of nitrogens with zero attached hydrogens (tertiary/aromatic N) is 2. The van der Waals surface area contributed by atoms with Crippen molar-refractivity contribution >= 4 is 11.8 Å². The Hall–Kier alpha value is -2.14. The monoisotopic (exact) mass is 255 g/mol. The van der Waals surface area contributed by atoms with Crippen molar-refractivity contribution in [2.75, 3.05) is 10.7 Å². The lowest BCUT2D eigenvalue weighted by Crippen LogP contribution is -2.22. The van der Waals surface area contributed by atoms with Crippen LogP contribution in [-0.4, -0.2) is 16.0 Å². The molecular weight excluding hydrogens is 238 g/mol. The van der Waals surface area contributed by atoms with Crippen LogP contribution in [0.3, 0.4) is 0 Å². The molecule has 1 heterocycles. The van der Waals surface area contributed by atoms with Crippen LogP contribution in [0.2, 0.25) is 0 Å². The molecule has 0 atom stereocenters. The molecule has 0 fully saturated rings. The Labute approximate surface area is 112 Å². The van der Waals surface area contributed by atoms with Crippen molar-refractivity contribution in [2.24, 2.45) is 5.84 Å². The van der Waals surface area contributed by atoms with E-state index in [1.54, 1.807) is 6.20 Å². The van der Waals surface area contributed by atoms with Crippen molar-refractivity contribution in [3.05, 3.63) is 47.2 Å². The van der Waals surface area contributed by atoms with E-state index in [9.17, 15) is 0 Å². The van der Waals surface area contributed by atoms with Gasteiger partial charge in [0, 0.05) is 17.8 Å². The summed E-state index contributed by atoms with van der Waals surface area (Å²) in [7, 11) is 0. The smallest absolute Gasteiger partial charge is 0.239 e. The summed E-state index contributed by atoms with van der Waals surface area (Å²) in [6, 6.07) is 8.95. The summed E-state index contributed by atoms with van der Waals surface area (Å²) in [5, 5.41) is 3.48. The molecule has 0 radical (unpaired) electrons. The largest absolute Gasteiger partial charge is 0.366 e. The van der Waals surface area contributed by atoms with E-state index in [0.717, 1.165) is 24.2 Å². The molecule has 0 amide bonds. The van der Waals surface area contributed by atoms with Crippen molar-refractivity contribution < 1.29 is 0 Å². The molecule has 3 rings (SSSR count). The number of fused-ring (bicyclic) bond motifs is 1. The fraction of sp³-hybridized carbons (Fsp3) is 0.286. The second-order valence-electron chi connectivity index (χ2n) is 4.89. The van der Waals surface area contributed by atoms with E-state index < -0.39 is 0 Å². The molecule has 1 aliphatic carbocycles. The van der Waals surface area contributed by atoms with Crippen molar-refractivity contribution in [3.63, 3.8) is 0 Å². The molecule has 1 aromatic carbocycles. The average molecular weight is 255 g/mol. The Morgan fingerprint density at radius 1 is 1.21 bits per heavy atom. The predicted octanol–water partition coefficient (Wildman–Crippen LogP) is 1.65. The van der Waals surface area contributed by atoms with Crippen LogP contribution in [0.25, 0.3) is 0 Å². The van der Waals surface area contributed by atoms with Gasteiger partial charge in [-0.3, -0.25) is 5.43 Å². The van der Waals surface area contributed by atoms with Gasteiger partial charge in [-0.2, -0.15) is 4.98 Å². The number of hydrogen-bond donors (Lipinski definition) is 3. The summed E-state index contributed by atoms with van der Waals surface area (Å²) in [5.74, 6) is 6.62. The number of rotatable bonds is 3. The highest BCUT2D eigenvalue weighted by Crippen LogP contribution is 2.25. The number of aromatic nitrogens is 2. The van der Waals surface area contributed by atoms with Gasteiger partial charge in [-0.1, -0.05) is 24.3 Å². The zero-order chi connectivity index (χ0) is 13.2. The second-order valence-corrected chi connectivity index (χ2v) is 4.89. The van der Waals surface area contributed by atoms with E-state index in [1.807, 2.05) is 6.92 Å². The summed E-state index contributed by atoms with van der Waals surface area (Å²) < 4.78 is 0. The molecule has 1 aliphatic rings. The van der Waals surface area contributed by atoms with Crippen molar-refractivity contribution in [2.45, 2.75) is 25.8 Å². The Kier molecular flexibility index (Phi) is 3.05. The van der Waals surface area contributed by atoms with Gasteiger partial charge in [-0.05, 0) is 30.9 Å². The highest BCUT2D eigenvalue weighted by Gasteiger charge is 2.21. The van der Waals surface area contributed by atoms with E-state index in [-0.39, 0.29) is 0 Å². The minimum absolute atomic E-state index is 0.386. The zero-order valence-corrected chi connectivity index (χ0v) is 10.9. The van der Waals surface area contributed by atoms with Gasteiger partial charge in [0.15, 0.2) is 0 Å². The lowest BCUT2D eigenvalue weighted by molar-refractivity contribution is 0.766. The molecular formula is C14H17N5. The standard InChI is InChI=1S/C14H17N5/c1-9-8-16-14(19-15)18-13(9)17-12-6-10-4-2-3-5-11(10)7-12/h2-5,8,12H,6-7,15H2,1H3,(H2,16,17,18,19). The molecule has 98 valence electrons. The lowest BCUT2D eigenvalue weighted by atomic mass is 10.1. The van der Waals surface area contributed by atoms with Crippen LogP contribution in [0.1, 0.15) is 16.7 Å². The Bertz CT molecular complexity index is 571. The zero-order valence-electron chi connectivity index (χ0n) is 10.9. The molecule has 0 saturated carbocycles. The fourth-order valence-corrected chi connectivity index (χ4v) is 2.51. The first-order valence-corrected chi connectivity index (χ1v) is 6.40. The summed E-state index contributed by atoms with van der Waals surface area (Å²) >= 11 is 0. The molecule has 1 aromatic heterocycles. The number of nitrogens with one attached hydrogen (secondary N) is 2. The van der Waals surface area contributed by atoms with Crippen LogP contribution in [0.4, 0.5) is 11.8 Å². The minimum atomic E-state index is 0.386.